The molecule has 0 spiro atoms. The Morgan fingerprint density at radius 3 is 1.89 bits per heavy atom. The second-order valence-corrected chi connectivity index (χ2v) is 13.9. The van der Waals surface area contributed by atoms with Crippen molar-refractivity contribution in [2.75, 3.05) is 17.1 Å². The summed E-state index contributed by atoms with van der Waals surface area (Å²) in [5, 5.41) is 3.55. The van der Waals surface area contributed by atoms with E-state index < -0.39 is 34.1 Å². The predicted octanol–water partition coefficient (Wildman–Crippen LogP) is 5.39. The second-order valence-electron chi connectivity index (χ2n) is 11.2. The Balaban J connectivity index is 2.47. The third kappa shape index (κ3) is 8.62. The zero-order valence-electron chi connectivity index (χ0n) is 22.7. The van der Waals surface area contributed by atoms with Gasteiger partial charge in [-0.1, -0.05) is 62.2 Å². The summed E-state index contributed by atoms with van der Waals surface area (Å²) in [5.74, 6) is -0.956. The van der Waals surface area contributed by atoms with Crippen LogP contribution in [0.5, 0.6) is 0 Å². The van der Waals surface area contributed by atoms with E-state index in [0.29, 0.717) is 21.3 Å². The van der Waals surface area contributed by atoms with Crippen molar-refractivity contribution in [2.24, 2.45) is 0 Å². The van der Waals surface area contributed by atoms with Crippen LogP contribution in [0, 0.1) is 0 Å². The van der Waals surface area contributed by atoms with Crippen molar-refractivity contribution >= 4 is 50.7 Å². The smallest absolute Gasteiger partial charge is 0.244 e. The monoisotopic (exact) mass is 569 g/mol. The van der Waals surface area contributed by atoms with Crippen LogP contribution < -0.4 is 9.62 Å². The average molecular weight is 571 g/mol. The Morgan fingerprint density at radius 2 is 1.46 bits per heavy atom. The van der Waals surface area contributed by atoms with Crippen LogP contribution in [-0.2, 0) is 31.6 Å². The summed E-state index contributed by atoms with van der Waals surface area (Å²) < 4.78 is 26.6. The fourth-order valence-electron chi connectivity index (χ4n) is 3.65. The largest absolute Gasteiger partial charge is 0.350 e. The molecule has 1 unspecified atom stereocenters. The summed E-state index contributed by atoms with van der Waals surface area (Å²) >= 11 is 12.7. The lowest BCUT2D eigenvalue weighted by molar-refractivity contribution is -0.140. The van der Waals surface area contributed by atoms with E-state index in [1.807, 2.05) is 32.9 Å². The van der Waals surface area contributed by atoms with E-state index in [4.69, 9.17) is 23.2 Å². The maximum absolute atomic E-state index is 13.7. The van der Waals surface area contributed by atoms with Gasteiger partial charge in [-0.3, -0.25) is 13.9 Å². The number of anilines is 1. The van der Waals surface area contributed by atoms with Crippen molar-refractivity contribution in [3.8, 4) is 0 Å². The molecule has 204 valence electrons. The number of amides is 2. The summed E-state index contributed by atoms with van der Waals surface area (Å²) in [5.41, 5.74) is 1.20. The first-order valence-corrected chi connectivity index (χ1v) is 14.5. The molecule has 37 heavy (non-hydrogen) atoms. The molecule has 10 heteroatoms. The van der Waals surface area contributed by atoms with Gasteiger partial charge in [0.15, 0.2) is 0 Å². The molecule has 0 aromatic heterocycles. The van der Waals surface area contributed by atoms with Gasteiger partial charge in [-0.2, -0.15) is 0 Å². The SMILES string of the molecule is CC(C(=O)NC(C)(C)C)N(Cc1c(Cl)cccc1Cl)C(=O)CN(c1ccc(C(C)(C)C)cc1)S(C)(=O)=O. The summed E-state index contributed by atoms with van der Waals surface area (Å²) in [4.78, 5) is 28.0. The Labute approximate surface area is 231 Å². The van der Waals surface area contributed by atoms with Gasteiger partial charge in [0.2, 0.25) is 21.8 Å². The first kappa shape index (κ1) is 30.9. The molecule has 2 rings (SSSR count). The van der Waals surface area contributed by atoms with Crippen molar-refractivity contribution in [3.05, 3.63) is 63.6 Å². The molecule has 7 nitrogen and oxygen atoms in total. The van der Waals surface area contributed by atoms with Crippen LogP contribution in [0.25, 0.3) is 0 Å². The number of nitrogens with zero attached hydrogens (tertiary/aromatic N) is 2. The van der Waals surface area contributed by atoms with Crippen molar-refractivity contribution in [1.29, 1.82) is 0 Å². The molecule has 0 aliphatic carbocycles. The van der Waals surface area contributed by atoms with Gasteiger partial charge >= 0.3 is 0 Å². The number of hydrogen-bond acceptors (Lipinski definition) is 4. The van der Waals surface area contributed by atoms with Gasteiger partial charge in [-0.15, -0.1) is 0 Å². The van der Waals surface area contributed by atoms with E-state index in [9.17, 15) is 18.0 Å². The van der Waals surface area contributed by atoms with Crippen LogP contribution in [0.3, 0.4) is 0 Å². The lowest BCUT2D eigenvalue weighted by atomic mass is 9.87. The van der Waals surface area contributed by atoms with Crippen molar-refractivity contribution in [2.45, 2.75) is 72.0 Å². The number of halogens is 2. The summed E-state index contributed by atoms with van der Waals surface area (Å²) in [6.45, 7) is 12.7. The molecule has 0 bridgehead atoms. The molecule has 0 saturated carbocycles. The molecular formula is C27H37Cl2N3O4S. The van der Waals surface area contributed by atoms with Crippen molar-refractivity contribution in [3.63, 3.8) is 0 Å². The zero-order valence-corrected chi connectivity index (χ0v) is 25.1. The van der Waals surface area contributed by atoms with E-state index in [2.05, 4.69) is 26.1 Å². The quantitative estimate of drug-likeness (QED) is 0.461. The van der Waals surface area contributed by atoms with Gasteiger partial charge in [0, 0.05) is 27.7 Å². The molecule has 0 heterocycles. The van der Waals surface area contributed by atoms with Gasteiger partial charge in [-0.25, -0.2) is 8.42 Å². The molecule has 1 atom stereocenters. The minimum atomic E-state index is -3.83. The molecule has 1 N–H and O–H groups in total. The molecule has 0 radical (unpaired) electrons. The second kappa shape index (κ2) is 11.6. The molecule has 2 amide bonds. The van der Waals surface area contributed by atoms with Gasteiger partial charge in [0.25, 0.3) is 0 Å². The van der Waals surface area contributed by atoms with E-state index >= 15 is 0 Å². The highest BCUT2D eigenvalue weighted by Crippen LogP contribution is 2.28. The number of benzene rings is 2. The molecule has 0 fully saturated rings. The van der Waals surface area contributed by atoms with Crippen LogP contribution in [0.15, 0.2) is 42.5 Å². The highest BCUT2D eigenvalue weighted by Gasteiger charge is 2.32. The Bertz CT molecular complexity index is 1210. The summed E-state index contributed by atoms with van der Waals surface area (Å²) in [6, 6.07) is 11.1. The minimum Gasteiger partial charge on any atom is -0.350 e. The molecule has 0 aliphatic heterocycles. The van der Waals surface area contributed by atoms with E-state index in [1.54, 1.807) is 37.3 Å². The van der Waals surface area contributed by atoms with Crippen LogP contribution in [0.1, 0.15) is 59.6 Å². The molecular weight excluding hydrogens is 533 g/mol. The Kier molecular flexibility index (Phi) is 9.72. The van der Waals surface area contributed by atoms with Gasteiger partial charge in [-0.05, 0) is 62.9 Å². The summed E-state index contributed by atoms with van der Waals surface area (Å²) in [6.07, 6.45) is 1.04. The van der Waals surface area contributed by atoms with Crippen molar-refractivity contribution < 1.29 is 18.0 Å². The number of carbonyl (C=O) groups excluding carboxylic acids is 2. The van der Waals surface area contributed by atoms with Crippen LogP contribution in [0.4, 0.5) is 5.69 Å². The lowest BCUT2D eigenvalue weighted by Crippen LogP contribution is -2.54. The lowest BCUT2D eigenvalue weighted by Gasteiger charge is -2.33. The van der Waals surface area contributed by atoms with Gasteiger partial charge in [0.05, 0.1) is 11.9 Å². The predicted molar refractivity (Wildman–Crippen MR) is 152 cm³/mol. The number of nitrogens with one attached hydrogen (secondary N) is 1. The van der Waals surface area contributed by atoms with Crippen LogP contribution in [0.2, 0.25) is 10.0 Å². The average Bonchev–Trinajstić information content (AvgIpc) is 2.74. The highest BCUT2D eigenvalue weighted by atomic mass is 35.5. The molecule has 2 aromatic carbocycles. The summed E-state index contributed by atoms with van der Waals surface area (Å²) in [7, 11) is -3.83. The van der Waals surface area contributed by atoms with E-state index in [-0.39, 0.29) is 17.9 Å². The van der Waals surface area contributed by atoms with Crippen molar-refractivity contribution in [1.82, 2.24) is 10.2 Å². The van der Waals surface area contributed by atoms with Gasteiger partial charge < -0.3 is 10.2 Å². The third-order valence-corrected chi connectivity index (χ3v) is 7.60. The number of hydrogen-bond donors (Lipinski definition) is 1. The maximum atomic E-state index is 13.7. The number of rotatable bonds is 8. The highest BCUT2D eigenvalue weighted by molar-refractivity contribution is 7.92. The minimum absolute atomic E-state index is 0.0728. The third-order valence-electron chi connectivity index (χ3n) is 5.76. The molecule has 2 aromatic rings. The van der Waals surface area contributed by atoms with E-state index in [0.717, 1.165) is 16.1 Å². The first-order valence-electron chi connectivity index (χ1n) is 11.9. The fraction of sp³-hybridized carbons (Fsp3) is 0.481. The van der Waals surface area contributed by atoms with Crippen LogP contribution >= 0.6 is 23.2 Å². The Hall–Kier alpha value is -2.29. The van der Waals surface area contributed by atoms with Crippen LogP contribution in [-0.4, -0.2) is 49.5 Å². The zero-order chi connectivity index (χ0) is 28.3. The topological polar surface area (TPSA) is 86.8 Å². The first-order chi connectivity index (χ1) is 16.8. The fourth-order valence-corrected chi connectivity index (χ4v) is 5.02. The standard InChI is InChI=1S/C27H37Cl2N3O4S/c1-18(25(34)30-27(5,6)7)31(16-21-22(28)10-9-11-23(21)29)24(33)17-32(37(8,35)36)20-14-12-19(13-15-20)26(2,3)4/h9-15,18H,16-17H2,1-8H3,(H,30,34). The van der Waals surface area contributed by atoms with Gasteiger partial charge in [0.1, 0.15) is 12.6 Å². The number of sulfonamides is 1. The number of carbonyl (C=O) groups is 2. The molecule has 0 saturated heterocycles. The molecule has 0 aliphatic rings. The van der Waals surface area contributed by atoms with E-state index in [1.165, 1.54) is 4.90 Å². The maximum Gasteiger partial charge on any atom is 0.244 e. The Morgan fingerprint density at radius 1 is 0.946 bits per heavy atom. The normalized spacial score (nSPS) is 13.1.